The number of ether oxygens (including phenoxy) is 8. The van der Waals surface area contributed by atoms with Crippen molar-refractivity contribution in [3.63, 3.8) is 0 Å². The van der Waals surface area contributed by atoms with Crippen molar-refractivity contribution in [3.05, 3.63) is 11.6 Å². The third-order valence-electron chi connectivity index (χ3n) is 16.2. The molecule has 0 amide bonds. The van der Waals surface area contributed by atoms with Crippen LogP contribution in [0.1, 0.15) is 119 Å². The van der Waals surface area contributed by atoms with Crippen LogP contribution in [0.3, 0.4) is 0 Å². The molecule has 4 saturated carbocycles. The topological polar surface area (TPSA) is 189 Å². The molecule has 8 rings (SSSR count). The van der Waals surface area contributed by atoms with Gasteiger partial charge in [-0.05, 0) is 113 Å². The van der Waals surface area contributed by atoms with E-state index in [0.29, 0.717) is 18.4 Å². The first kappa shape index (κ1) is 42.0. The van der Waals surface area contributed by atoms with Crippen molar-refractivity contribution in [2.75, 3.05) is 6.61 Å². The predicted octanol–water partition coefficient (Wildman–Crippen LogP) is 3.82. The molecule has 0 aromatic heterocycles. The second kappa shape index (κ2) is 16.0. The molecule has 20 atom stereocenters. The van der Waals surface area contributed by atoms with Gasteiger partial charge in [-0.3, -0.25) is 4.79 Å². The van der Waals surface area contributed by atoms with Crippen LogP contribution in [0.25, 0.3) is 0 Å². The number of cyclic esters (lactones) is 1. The minimum absolute atomic E-state index is 0.0134. The minimum atomic E-state index is -0.992. The average molecular weight is 807 g/mol. The highest BCUT2D eigenvalue weighted by molar-refractivity contribution is 5.85. The molecular formula is C43H66O14. The summed E-state index contributed by atoms with van der Waals surface area (Å²) < 4.78 is 47.8. The molecule has 14 heteroatoms. The fourth-order valence-corrected chi connectivity index (χ4v) is 13.1. The molecule has 4 aliphatic carbocycles. The smallest absolute Gasteiger partial charge is 0.331 e. The zero-order valence-electron chi connectivity index (χ0n) is 34.5. The van der Waals surface area contributed by atoms with Gasteiger partial charge in [0.2, 0.25) is 0 Å². The number of hydrogen-bond acceptors (Lipinski definition) is 14. The van der Waals surface area contributed by atoms with Gasteiger partial charge in [0.1, 0.15) is 31.0 Å². The first-order chi connectivity index (χ1) is 27.0. The molecule has 4 aliphatic heterocycles. The largest absolute Gasteiger partial charge is 0.459 e. The second-order valence-corrected chi connectivity index (χ2v) is 19.3. The fraction of sp³-hybridized carbons (Fsp3) is 0.907. The maximum absolute atomic E-state index is 12.6. The summed E-state index contributed by atoms with van der Waals surface area (Å²) in [6.07, 6.45) is 1.76. The summed E-state index contributed by atoms with van der Waals surface area (Å²) in [5.41, 5.74) is 0.189. The van der Waals surface area contributed by atoms with E-state index in [4.69, 9.17) is 37.9 Å². The summed E-state index contributed by atoms with van der Waals surface area (Å²) in [4.78, 5) is 23.5. The Hall–Kier alpha value is -1.72. The Bertz CT molecular complexity index is 1500. The Kier molecular flexibility index (Phi) is 11.8. The summed E-state index contributed by atoms with van der Waals surface area (Å²) in [6.45, 7) is 11.7. The number of fused-ring (bicyclic) bond motifs is 5. The lowest BCUT2D eigenvalue weighted by molar-refractivity contribution is -0.336. The first-order valence-corrected chi connectivity index (χ1v) is 21.7. The summed E-state index contributed by atoms with van der Waals surface area (Å²) in [6, 6.07) is 0. The lowest BCUT2D eigenvalue weighted by Gasteiger charge is -2.64. The van der Waals surface area contributed by atoms with Crippen molar-refractivity contribution in [1.82, 2.24) is 0 Å². The van der Waals surface area contributed by atoms with Gasteiger partial charge in [0.25, 0.3) is 0 Å². The molecule has 7 fully saturated rings. The summed E-state index contributed by atoms with van der Waals surface area (Å²) in [5, 5.41) is 45.4. The van der Waals surface area contributed by atoms with Crippen molar-refractivity contribution in [2.24, 2.45) is 34.5 Å². The van der Waals surface area contributed by atoms with E-state index in [1.54, 1.807) is 19.9 Å². The number of esters is 2. The molecule has 4 N–H and O–H groups in total. The van der Waals surface area contributed by atoms with Crippen molar-refractivity contribution in [3.8, 4) is 0 Å². The monoisotopic (exact) mass is 806 g/mol. The fourth-order valence-electron chi connectivity index (χ4n) is 13.1. The SMILES string of the molecule is CC(=O)O[C@H]1C[C@H](O[C@H]2[C@@H](O)C[C@H](O[C@H]3[C@@H](O)C[C@H](O[C@H]4CC[C@@]5(C)[C@H](CC[C@H]6[C@H]5CC[C@]5(C)[C@@H](C7=CC(=O)OC7)CC[C@]65O)C4)O[C@@H]3C)O[C@@H]2C)O[C@H](C)[C@H]1O. The second-order valence-electron chi connectivity index (χ2n) is 19.3. The van der Waals surface area contributed by atoms with Crippen LogP contribution in [-0.4, -0.2) is 124 Å². The standard InChI is InChI=1S/C43H66O14/c1-21-38(48)33(54-24(4)44)19-37(51-21)57-40-23(3)53-36(18-32(40)46)56-39-22(2)52-35(17-31(39)45)55-27-9-12-41(5)26(16-27)7-8-30-29(41)10-13-42(6)28(11-14-43(30,42)49)25-15-34(47)50-20-25/h15,21-23,26-33,35-40,45-46,48-49H,7-14,16-20H2,1-6H3/t21-,22-,23-,26-,27+,28-,29-,30+,31+,32+,33+,35+,36+,37+,38-,39-,40-,41+,42-,43+/m1/s1. The van der Waals surface area contributed by atoms with Crippen LogP contribution in [0.15, 0.2) is 11.6 Å². The average Bonchev–Trinajstić information content (AvgIpc) is 3.69. The lowest BCUT2D eigenvalue weighted by Crippen LogP contribution is -2.62. The number of aliphatic hydroxyl groups is 4. The zero-order valence-corrected chi connectivity index (χ0v) is 34.5. The van der Waals surface area contributed by atoms with Crippen LogP contribution in [-0.2, 0) is 47.5 Å². The molecule has 0 radical (unpaired) electrons. The molecule has 0 unspecified atom stereocenters. The van der Waals surface area contributed by atoms with Crippen molar-refractivity contribution >= 4 is 11.9 Å². The number of carbonyl (C=O) groups excluding carboxylic acids is 2. The molecule has 0 aromatic carbocycles. The highest BCUT2D eigenvalue weighted by atomic mass is 16.7. The third-order valence-corrected chi connectivity index (χ3v) is 16.2. The number of rotatable bonds is 8. The van der Waals surface area contributed by atoms with Gasteiger partial charge >= 0.3 is 11.9 Å². The van der Waals surface area contributed by atoms with E-state index >= 15 is 0 Å². The molecule has 8 aliphatic rings. The third kappa shape index (κ3) is 7.65. The lowest BCUT2D eigenvalue weighted by atomic mass is 9.43. The molecule has 322 valence electrons. The van der Waals surface area contributed by atoms with Crippen LogP contribution >= 0.6 is 0 Å². The Morgan fingerprint density at radius 3 is 2.00 bits per heavy atom. The Morgan fingerprint density at radius 2 is 1.39 bits per heavy atom. The van der Waals surface area contributed by atoms with Gasteiger partial charge in [-0.15, -0.1) is 0 Å². The summed E-state index contributed by atoms with van der Waals surface area (Å²) >= 11 is 0. The highest BCUT2D eigenvalue weighted by Gasteiger charge is 2.68. The van der Waals surface area contributed by atoms with E-state index in [9.17, 15) is 30.0 Å². The Labute approximate surface area is 336 Å². The number of carbonyl (C=O) groups is 2. The molecule has 14 nitrogen and oxygen atoms in total. The normalized spacial score (nSPS) is 52.6. The van der Waals surface area contributed by atoms with Gasteiger partial charge in [-0.2, -0.15) is 0 Å². The first-order valence-electron chi connectivity index (χ1n) is 21.7. The van der Waals surface area contributed by atoms with E-state index < -0.39 is 85.4 Å². The van der Waals surface area contributed by atoms with Gasteiger partial charge in [0.05, 0.1) is 42.2 Å². The predicted molar refractivity (Wildman–Crippen MR) is 201 cm³/mol. The van der Waals surface area contributed by atoms with Gasteiger partial charge in [-0.25, -0.2) is 4.79 Å². The maximum Gasteiger partial charge on any atom is 0.331 e. The van der Waals surface area contributed by atoms with Gasteiger partial charge < -0.3 is 58.3 Å². The molecule has 0 aromatic rings. The molecule has 3 saturated heterocycles. The molecular weight excluding hydrogens is 740 g/mol. The van der Waals surface area contributed by atoms with Crippen molar-refractivity contribution < 1.29 is 67.9 Å². The van der Waals surface area contributed by atoms with Crippen LogP contribution in [0.5, 0.6) is 0 Å². The summed E-state index contributed by atoms with van der Waals surface area (Å²) in [7, 11) is 0. The van der Waals surface area contributed by atoms with Crippen molar-refractivity contribution in [2.45, 2.75) is 204 Å². The van der Waals surface area contributed by atoms with E-state index in [1.807, 2.05) is 6.92 Å². The minimum Gasteiger partial charge on any atom is -0.459 e. The van der Waals surface area contributed by atoms with E-state index in [1.165, 1.54) is 6.92 Å². The van der Waals surface area contributed by atoms with Crippen LogP contribution in [0.4, 0.5) is 0 Å². The maximum atomic E-state index is 12.6. The number of hydrogen-bond donors (Lipinski definition) is 4. The molecule has 4 heterocycles. The molecule has 0 bridgehead atoms. The van der Waals surface area contributed by atoms with Gasteiger partial charge in [0, 0.05) is 37.7 Å². The highest BCUT2D eigenvalue weighted by Crippen LogP contribution is 2.70. The van der Waals surface area contributed by atoms with Gasteiger partial charge in [-0.1, -0.05) is 13.8 Å². The van der Waals surface area contributed by atoms with Crippen LogP contribution in [0.2, 0.25) is 0 Å². The molecule has 0 spiro atoms. The van der Waals surface area contributed by atoms with E-state index in [0.717, 1.165) is 63.4 Å². The Balaban J connectivity index is 0.819. The summed E-state index contributed by atoms with van der Waals surface area (Å²) in [5.74, 6) is 0.591. The van der Waals surface area contributed by atoms with E-state index in [-0.39, 0.29) is 54.0 Å². The number of aliphatic hydroxyl groups excluding tert-OH is 3. The Morgan fingerprint density at radius 1 is 0.754 bits per heavy atom. The van der Waals surface area contributed by atoms with Crippen molar-refractivity contribution in [1.29, 1.82) is 0 Å². The van der Waals surface area contributed by atoms with Crippen LogP contribution < -0.4 is 0 Å². The molecule has 57 heavy (non-hydrogen) atoms. The van der Waals surface area contributed by atoms with Crippen LogP contribution in [0, 0.1) is 34.5 Å². The quantitative estimate of drug-likeness (QED) is 0.205. The van der Waals surface area contributed by atoms with Gasteiger partial charge in [0.15, 0.2) is 18.9 Å². The van der Waals surface area contributed by atoms with E-state index in [2.05, 4.69) is 13.8 Å². The zero-order chi connectivity index (χ0) is 40.6.